The summed E-state index contributed by atoms with van der Waals surface area (Å²) in [5.74, 6) is -6.58. The van der Waals surface area contributed by atoms with E-state index in [-0.39, 0.29) is 5.56 Å². The first-order valence-electron chi connectivity index (χ1n) is 4.60. The summed E-state index contributed by atoms with van der Waals surface area (Å²) in [6.45, 7) is 0. The minimum atomic E-state index is -5.75. The number of nitrogens with two attached hydrogens (primary N) is 1. The number of aliphatic carboxylic acids is 1. The molecule has 100 valence electrons. The molecule has 0 bridgehead atoms. The predicted molar refractivity (Wildman–Crippen MR) is 51.0 cm³/mol. The summed E-state index contributed by atoms with van der Waals surface area (Å²) in [5.41, 5.74) is 3.46. The van der Waals surface area contributed by atoms with Gasteiger partial charge in [0.05, 0.1) is 0 Å². The monoisotopic (exact) mass is 269 g/mol. The Hall–Kier alpha value is -1.70. The minimum absolute atomic E-state index is 0.330. The van der Waals surface area contributed by atoms with Crippen LogP contribution in [-0.4, -0.2) is 17.3 Å². The van der Waals surface area contributed by atoms with Crippen LogP contribution < -0.4 is 5.73 Å². The molecule has 1 atom stereocenters. The Morgan fingerprint density at radius 1 is 1.22 bits per heavy atom. The Balaban J connectivity index is 3.21. The second-order valence-electron chi connectivity index (χ2n) is 3.51. The topological polar surface area (TPSA) is 63.3 Å². The van der Waals surface area contributed by atoms with Crippen molar-refractivity contribution in [2.75, 3.05) is 0 Å². The molecule has 0 radical (unpaired) electrons. The molecule has 0 aliphatic rings. The lowest BCUT2D eigenvalue weighted by atomic mass is 10.0. The number of hydrogen-bond donors (Lipinski definition) is 2. The highest BCUT2D eigenvalue weighted by Gasteiger charge is 2.58. The number of hydrogen-bond acceptors (Lipinski definition) is 2. The zero-order valence-corrected chi connectivity index (χ0v) is 8.71. The van der Waals surface area contributed by atoms with E-state index < -0.39 is 29.7 Å². The van der Waals surface area contributed by atoms with Crippen molar-refractivity contribution in [1.82, 2.24) is 0 Å². The van der Waals surface area contributed by atoms with Gasteiger partial charge in [-0.2, -0.15) is 22.0 Å². The molecule has 3 nitrogen and oxygen atoms in total. The summed E-state index contributed by atoms with van der Waals surface area (Å²) >= 11 is 0. The third-order valence-electron chi connectivity index (χ3n) is 2.23. The molecular weight excluding hydrogens is 261 g/mol. The van der Waals surface area contributed by atoms with Crippen molar-refractivity contribution in [3.8, 4) is 0 Å². The second-order valence-corrected chi connectivity index (χ2v) is 3.51. The molecule has 0 spiro atoms. The lowest BCUT2D eigenvalue weighted by molar-refractivity contribution is -0.289. The van der Waals surface area contributed by atoms with Crippen molar-refractivity contribution >= 4 is 5.97 Å². The minimum Gasteiger partial charge on any atom is -0.480 e. The van der Waals surface area contributed by atoms with Crippen LogP contribution in [-0.2, 0) is 10.7 Å². The molecule has 0 heterocycles. The number of carboxylic acid groups (broad SMARTS) is 1. The lowest BCUT2D eigenvalue weighted by Crippen LogP contribution is -2.34. The van der Waals surface area contributed by atoms with E-state index in [4.69, 9.17) is 10.8 Å². The number of carboxylic acids is 1. The molecule has 0 saturated carbocycles. The number of rotatable bonds is 3. The van der Waals surface area contributed by atoms with E-state index >= 15 is 0 Å². The average Bonchev–Trinajstić information content (AvgIpc) is 2.26. The van der Waals surface area contributed by atoms with Crippen molar-refractivity contribution in [3.05, 3.63) is 35.4 Å². The van der Waals surface area contributed by atoms with Crippen molar-refractivity contribution in [2.45, 2.75) is 18.1 Å². The fraction of sp³-hybridized carbons (Fsp3) is 0.300. The van der Waals surface area contributed by atoms with E-state index in [0.717, 1.165) is 12.1 Å². The van der Waals surface area contributed by atoms with Gasteiger partial charge in [-0.05, 0) is 11.6 Å². The maximum absolute atomic E-state index is 13.0. The summed E-state index contributed by atoms with van der Waals surface area (Å²) in [5, 5.41) is 8.55. The maximum atomic E-state index is 13.0. The van der Waals surface area contributed by atoms with E-state index in [1.165, 1.54) is 0 Å². The van der Waals surface area contributed by atoms with Crippen LogP contribution in [0.5, 0.6) is 0 Å². The highest BCUT2D eigenvalue weighted by atomic mass is 19.4. The van der Waals surface area contributed by atoms with Crippen molar-refractivity contribution in [2.24, 2.45) is 5.73 Å². The van der Waals surface area contributed by atoms with E-state index in [0.29, 0.717) is 12.1 Å². The summed E-state index contributed by atoms with van der Waals surface area (Å²) in [6, 6.07) is 1.30. The summed E-state index contributed by atoms with van der Waals surface area (Å²) in [6.07, 6.45) is -5.75. The molecule has 3 N–H and O–H groups in total. The highest BCUT2D eigenvalue weighted by Crippen LogP contribution is 2.44. The third-order valence-corrected chi connectivity index (χ3v) is 2.23. The summed E-state index contributed by atoms with van der Waals surface area (Å²) in [7, 11) is 0. The van der Waals surface area contributed by atoms with Crippen LogP contribution in [0, 0.1) is 0 Å². The zero-order valence-electron chi connectivity index (χ0n) is 8.71. The Labute approximate surface area is 98.0 Å². The standard InChI is InChI=1S/C10H8F5NO2/c11-9(12,10(13,14)15)6-3-1-2-5(4-6)7(16)8(17)18/h1-4,7H,16H2,(H,17,18). The first kappa shape index (κ1) is 14.4. The van der Waals surface area contributed by atoms with Gasteiger partial charge in [0.25, 0.3) is 0 Å². The quantitative estimate of drug-likeness (QED) is 0.828. The van der Waals surface area contributed by atoms with Gasteiger partial charge in [-0.15, -0.1) is 0 Å². The van der Waals surface area contributed by atoms with Crippen LogP contribution >= 0.6 is 0 Å². The van der Waals surface area contributed by atoms with E-state index in [1.54, 1.807) is 0 Å². The molecule has 1 rings (SSSR count). The van der Waals surface area contributed by atoms with E-state index in [9.17, 15) is 26.7 Å². The van der Waals surface area contributed by atoms with Crippen molar-refractivity contribution in [1.29, 1.82) is 0 Å². The smallest absolute Gasteiger partial charge is 0.458 e. The van der Waals surface area contributed by atoms with Crippen LogP contribution in [0.3, 0.4) is 0 Å². The molecular formula is C10H8F5NO2. The number of benzene rings is 1. The summed E-state index contributed by atoms with van der Waals surface area (Å²) < 4.78 is 62.3. The lowest BCUT2D eigenvalue weighted by Gasteiger charge is -2.20. The molecule has 0 fully saturated rings. The Kier molecular flexibility index (Phi) is 3.61. The first-order valence-corrected chi connectivity index (χ1v) is 4.60. The molecule has 0 saturated heterocycles. The molecule has 1 aromatic rings. The third kappa shape index (κ3) is 2.58. The second kappa shape index (κ2) is 4.52. The summed E-state index contributed by atoms with van der Waals surface area (Å²) in [4.78, 5) is 10.5. The zero-order chi connectivity index (χ0) is 14.1. The fourth-order valence-corrected chi connectivity index (χ4v) is 1.23. The van der Waals surface area contributed by atoms with Crippen molar-refractivity contribution in [3.63, 3.8) is 0 Å². The van der Waals surface area contributed by atoms with Crippen LogP contribution in [0.1, 0.15) is 17.2 Å². The molecule has 0 amide bonds. The Bertz CT molecular complexity index is 458. The van der Waals surface area contributed by atoms with Gasteiger partial charge in [0.2, 0.25) is 0 Å². The van der Waals surface area contributed by atoms with Crippen LogP contribution in [0.2, 0.25) is 0 Å². The molecule has 0 aromatic heterocycles. The van der Waals surface area contributed by atoms with Gasteiger partial charge >= 0.3 is 18.1 Å². The normalized spacial score (nSPS) is 14.3. The largest absolute Gasteiger partial charge is 0.480 e. The molecule has 8 heteroatoms. The Morgan fingerprint density at radius 2 is 1.78 bits per heavy atom. The van der Waals surface area contributed by atoms with Crippen LogP contribution in [0.4, 0.5) is 22.0 Å². The highest BCUT2D eigenvalue weighted by molar-refractivity contribution is 5.75. The van der Waals surface area contributed by atoms with Gasteiger partial charge in [-0.1, -0.05) is 18.2 Å². The van der Waals surface area contributed by atoms with Crippen LogP contribution in [0.15, 0.2) is 24.3 Å². The number of alkyl halides is 5. The van der Waals surface area contributed by atoms with Gasteiger partial charge in [0.15, 0.2) is 0 Å². The maximum Gasteiger partial charge on any atom is 0.458 e. The molecule has 0 aliphatic carbocycles. The van der Waals surface area contributed by atoms with Gasteiger partial charge < -0.3 is 10.8 Å². The van der Waals surface area contributed by atoms with E-state index in [1.807, 2.05) is 0 Å². The predicted octanol–water partition coefficient (Wildman–Crippen LogP) is 2.43. The Morgan fingerprint density at radius 3 is 2.22 bits per heavy atom. The van der Waals surface area contributed by atoms with Crippen molar-refractivity contribution < 1.29 is 31.9 Å². The van der Waals surface area contributed by atoms with E-state index in [2.05, 4.69) is 0 Å². The molecule has 1 unspecified atom stereocenters. The molecule has 18 heavy (non-hydrogen) atoms. The van der Waals surface area contributed by atoms with Gasteiger partial charge in [-0.3, -0.25) is 4.79 Å². The van der Waals surface area contributed by atoms with Crippen LogP contribution in [0.25, 0.3) is 0 Å². The SMILES string of the molecule is NC(C(=O)O)c1cccc(C(F)(F)C(F)(F)F)c1. The first-order chi connectivity index (χ1) is 8.07. The fourth-order valence-electron chi connectivity index (χ4n) is 1.23. The number of halogens is 5. The van der Waals surface area contributed by atoms with Gasteiger partial charge in [-0.25, -0.2) is 0 Å². The van der Waals surface area contributed by atoms with Gasteiger partial charge in [0, 0.05) is 5.56 Å². The average molecular weight is 269 g/mol. The van der Waals surface area contributed by atoms with Gasteiger partial charge in [0.1, 0.15) is 6.04 Å². The molecule has 1 aromatic carbocycles. The molecule has 0 aliphatic heterocycles. The number of carbonyl (C=O) groups is 1.